The number of carboxylic acids is 2. The Bertz CT molecular complexity index is 5430. The highest BCUT2D eigenvalue weighted by Crippen LogP contribution is 2.32. The van der Waals surface area contributed by atoms with Gasteiger partial charge in [0.05, 0.1) is 52.5 Å². The smallest absolute Gasteiger partial charge is 0.347 e. The first-order valence-corrected chi connectivity index (χ1v) is 39.7. The Kier molecular flexibility index (Phi) is 38.2. The molecule has 0 aliphatic carbocycles. The van der Waals surface area contributed by atoms with Gasteiger partial charge in [-0.2, -0.15) is 9.97 Å². The molecule has 0 radical (unpaired) electrons. The number of fused-ring (bicyclic) bond motifs is 3. The lowest BCUT2D eigenvalue weighted by Crippen LogP contribution is -2.09. The lowest BCUT2D eigenvalue weighted by atomic mass is 10.1. The van der Waals surface area contributed by atoms with Crippen molar-refractivity contribution in [1.82, 2.24) is 35.2 Å². The number of thiazole rings is 2. The van der Waals surface area contributed by atoms with Crippen molar-refractivity contribution in [2.45, 2.75) is 89.7 Å². The van der Waals surface area contributed by atoms with Gasteiger partial charge in [-0.3, -0.25) is 4.72 Å². The van der Waals surface area contributed by atoms with Gasteiger partial charge in [-0.05, 0) is 193 Å². The van der Waals surface area contributed by atoms with Gasteiger partial charge in [0.15, 0.2) is 40.3 Å². The van der Waals surface area contributed by atoms with Crippen LogP contribution in [0.5, 0.6) is 28.7 Å². The molecule has 0 saturated heterocycles. The number of nitrogens with one attached hydrogen (secondary N) is 1. The van der Waals surface area contributed by atoms with E-state index in [1.807, 2.05) is 224 Å². The molecule has 0 spiro atoms. The number of aromatic carboxylic acids is 2. The number of hydrogen-bond acceptors (Lipinski definition) is 21. The van der Waals surface area contributed by atoms with Crippen molar-refractivity contribution in [3.63, 3.8) is 0 Å². The quantitative estimate of drug-likeness (QED) is 0.115. The average molecular weight is 1650 g/mol. The number of sulfonamides is 1. The van der Waals surface area contributed by atoms with Gasteiger partial charge in [-0.25, -0.2) is 33.0 Å². The molecule has 15 aromatic rings. The summed E-state index contributed by atoms with van der Waals surface area (Å²) < 4.78 is 66.1. The van der Waals surface area contributed by atoms with Crippen LogP contribution in [0.3, 0.4) is 0 Å². The summed E-state index contributed by atoms with van der Waals surface area (Å²) in [5.74, 6) is 5.71. The number of carboxylic acid groups (broad SMARTS) is 2. The molecule has 27 heteroatoms. The number of methoxy groups -OCH3 is 2. The highest BCUT2D eigenvalue weighted by Gasteiger charge is 2.12. The Balaban J connectivity index is 0.000000198. The summed E-state index contributed by atoms with van der Waals surface area (Å²) in [6.45, 7) is 23.8. The second kappa shape index (κ2) is 48.0. The largest absolute Gasteiger partial charge is 0.493 e. The number of ether oxygens (including phenoxy) is 5. The summed E-state index contributed by atoms with van der Waals surface area (Å²) in [4.78, 5) is 41.0. The van der Waals surface area contributed by atoms with Crippen molar-refractivity contribution in [2.24, 2.45) is 0 Å². The fourth-order valence-corrected chi connectivity index (χ4v) is 11.9. The summed E-state index contributed by atoms with van der Waals surface area (Å²) in [5.41, 5.74) is 12.7. The number of oxazole rings is 1. The number of rotatable bonds is 10. The molecule has 115 heavy (non-hydrogen) atoms. The van der Waals surface area contributed by atoms with E-state index in [0.717, 1.165) is 94.8 Å². The van der Waals surface area contributed by atoms with E-state index in [1.165, 1.54) is 44.5 Å². The standard InChI is InChI=1S/C14H14O.C9H8N2O.C9H12O2.C8H11NO2S.C8H7NO.C8H7NS.2C8H8O2.C7H6Cl2.C5H5NO2S.C4H6N2O/c1-12-6-5-9-14(10-12)15-11-13-7-3-2-4-8-13;1-7-10-9(11-12-7)8-5-3-2-4-6-8;1-7-4-5-8(10-2)9(6-7)11-3;1-7-4-3-5-8(6-7)9-12(2,10)11;2*1-6-9-7-4-2-3-5-8(7)10-6;1-6-2-3-7-8(4-6)10-5-9-7;1-6-3-2-4-7(5-6)8(9)10;1-5-2-3-6(8)4-7(5)9;1-3-6-2-4(9-3)5(7)8;1-3-5-4(2)7-6-3/h2-10H,11H2,1H3;2-6H,1H3;4-6H,1-3H3;3-6,9H,1-2H3;2*2-5H,1H3;2-4H,5H2,1H3;2-5H,1H3,(H,9,10);2-4H,1H3;2H,1H3,(H,7,8);1-2H3. The molecule has 5 aromatic heterocycles. The minimum Gasteiger partial charge on any atom is -0.493 e. The van der Waals surface area contributed by atoms with E-state index in [4.69, 9.17) is 66.0 Å². The highest BCUT2D eigenvalue weighted by molar-refractivity contribution is 7.92. The second-order valence-electron chi connectivity index (χ2n) is 24.9. The Morgan fingerprint density at radius 1 is 0.513 bits per heavy atom. The maximum atomic E-state index is 10.8. The maximum absolute atomic E-state index is 10.8. The first kappa shape index (κ1) is 91.6. The number of aromatic nitrogens is 7. The topological polar surface area (TPSA) is 297 Å². The summed E-state index contributed by atoms with van der Waals surface area (Å²) in [6.07, 6.45) is 2.50. The number of anilines is 1. The average Bonchev–Trinajstić information content (AvgIpc) is 1.67. The van der Waals surface area contributed by atoms with Gasteiger partial charge in [0.2, 0.25) is 34.4 Å². The van der Waals surface area contributed by atoms with Crippen molar-refractivity contribution in [1.29, 1.82) is 0 Å². The Morgan fingerprint density at radius 3 is 1.64 bits per heavy atom. The molecular formula is C88H92Cl2N8O14S3. The van der Waals surface area contributed by atoms with Crippen molar-refractivity contribution < 1.29 is 65.4 Å². The normalized spacial score (nSPS) is 10.3. The van der Waals surface area contributed by atoms with Crippen molar-refractivity contribution in [2.75, 3.05) is 32.0 Å². The van der Waals surface area contributed by atoms with Crippen LogP contribution in [0.2, 0.25) is 10.0 Å². The SMILES string of the molecule is COc1ccc(C)cc1OC.Cc1ccc(Cl)cc1Cl.Cc1ccc2c(c1)OCO2.Cc1cccc(C(=O)O)c1.Cc1cccc(NS(C)(=O)=O)c1.Cc1cccc(OCc2ccccc2)c1.Cc1nc(-c2ccccc2)no1.Cc1nc2ccccc2o1.Cc1nc2ccccc2s1.Cc1ncc(C(=O)O)s1.Cc1noc(C)n1. The second-order valence-corrected chi connectivity index (χ2v) is 30.0. The van der Waals surface area contributed by atoms with Crippen molar-refractivity contribution in [3.05, 3.63) is 336 Å². The summed E-state index contributed by atoms with van der Waals surface area (Å²) >= 11 is 14.3. The Hall–Kier alpha value is -12.3. The van der Waals surface area contributed by atoms with E-state index in [9.17, 15) is 18.0 Å². The van der Waals surface area contributed by atoms with Crippen LogP contribution >= 0.6 is 45.9 Å². The van der Waals surface area contributed by atoms with Crippen LogP contribution in [0.15, 0.2) is 256 Å². The van der Waals surface area contributed by atoms with Crippen LogP contribution in [0, 0.1) is 83.1 Å². The van der Waals surface area contributed by atoms with E-state index in [2.05, 4.69) is 75.7 Å². The number of halogens is 2. The molecule has 10 aromatic carbocycles. The van der Waals surface area contributed by atoms with Gasteiger partial charge < -0.3 is 47.4 Å². The number of nitrogens with zero attached hydrogens (tertiary/aromatic N) is 7. The zero-order valence-electron chi connectivity index (χ0n) is 66.4. The van der Waals surface area contributed by atoms with E-state index >= 15 is 0 Å². The first-order chi connectivity index (χ1) is 54.9. The predicted molar refractivity (Wildman–Crippen MR) is 458 cm³/mol. The molecule has 600 valence electrons. The van der Waals surface area contributed by atoms with Gasteiger partial charge in [0.25, 0.3) is 0 Å². The number of aryl methyl sites for hydroxylation is 12. The molecule has 0 bridgehead atoms. The zero-order chi connectivity index (χ0) is 83.8. The summed E-state index contributed by atoms with van der Waals surface area (Å²) in [6, 6.07) is 75.2. The number of benzene rings is 10. The molecule has 22 nitrogen and oxygen atoms in total. The third kappa shape index (κ3) is 35.1. The van der Waals surface area contributed by atoms with E-state index in [0.29, 0.717) is 58.0 Å². The minimum atomic E-state index is -3.14. The molecule has 0 fully saturated rings. The van der Waals surface area contributed by atoms with E-state index in [-0.39, 0.29) is 0 Å². The number of para-hydroxylation sites is 3. The Morgan fingerprint density at radius 2 is 1.10 bits per heavy atom. The summed E-state index contributed by atoms with van der Waals surface area (Å²) in [7, 11) is 0.124. The highest BCUT2D eigenvalue weighted by atomic mass is 35.5. The zero-order valence-corrected chi connectivity index (χ0v) is 70.4. The van der Waals surface area contributed by atoms with Gasteiger partial charge in [0, 0.05) is 42.1 Å². The lowest BCUT2D eigenvalue weighted by molar-refractivity contribution is 0.0688. The molecule has 3 N–H and O–H groups in total. The monoisotopic (exact) mass is 1650 g/mol. The third-order valence-electron chi connectivity index (χ3n) is 14.8. The lowest BCUT2D eigenvalue weighted by Gasteiger charge is -2.06. The third-order valence-corrected chi connectivity index (χ3v) is 17.9. The van der Waals surface area contributed by atoms with Gasteiger partial charge in [-0.15, -0.1) is 22.7 Å². The first-order valence-electron chi connectivity index (χ1n) is 35.4. The molecule has 1 aliphatic heterocycles. The summed E-state index contributed by atoms with van der Waals surface area (Å²) in [5, 5.41) is 27.5. The van der Waals surface area contributed by atoms with Crippen LogP contribution in [-0.4, -0.2) is 93.1 Å². The maximum Gasteiger partial charge on any atom is 0.347 e. The fraction of sp³-hybridized carbons (Fsp3) is 0.193. The molecule has 0 unspecified atom stereocenters. The molecule has 6 heterocycles. The molecule has 0 amide bonds. The van der Waals surface area contributed by atoms with E-state index in [1.54, 1.807) is 89.6 Å². The van der Waals surface area contributed by atoms with Gasteiger partial charge in [-0.1, -0.05) is 179 Å². The number of carbonyl (C=O) groups is 2. The van der Waals surface area contributed by atoms with Crippen LogP contribution in [-0.2, 0) is 16.6 Å². The van der Waals surface area contributed by atoms with Crippen LogP contribution < -0.4 is 28.4 Å². The van der Waals surface area contributed by atoms with Crippen molar-refractivity contribution >= 4 is 94.8 Å². The van der Waals surface area contributed by atoms with Crippen LogP contribution in [0.1, 0.15) is 92.5 Å². The molecule has 0 atom stereocenters. The minimum absolute atomic E-state index is 0.299. The molecule has 0 saturated carbocycles. The van der Waals surface area contributed by atoms with Crippen LogP contribution in [0.25, 0.3) is 32.7 Å². The molecule has 16 rings (SSSR count). The van der Waals surface area contributed by atoms with Crippen LogP contribution in [0.4, 0.5) is 5.69 Å². The van der Waals surface area contributed by atoms with E-state index < -0.39 is 22.0 Å². The molecule has 1 aliphatic rings. The van der Waals surface area contributed by atoms with Gasteiger partial charge in [0.1, 0.15) is 22.8 Å². The Labute approximate surface area is 688 Å². The van der Waals surface area contributed by atoms with Gasteiger partial charge >= 0.3 is 11.9 Å². The fourth-order valence-electron chi connectivity index (χ4n) is 9.50. The van der Waals surface area contributed by atoms with Crippen molar-refractivity contribution in [3.8, 4) is 40.1 Å². The molecular weight excluding hydrogens is 1560 g/mol. The number of hydrogen-bond donors (Lipinski definition) is 3. The predicted octanol–water partition coefficient (Wildman–Crippen LogP) is 22.3.